The van der Waals surface area contributed by atoms with Crippen LogP contribution < -0.4 is 4.74 Å². The Morgan fingerprint density at radius 3 is 2.89 bits per heavy atom. The molecule has 3 nitrogen and oxygen atoms in total. The van der Waals surface area contributed by atoms with Gasteiger partial charge in [-0.25, -0.2) is 0 Å². The number of esters is 1. The highest BCUT2D eigenvalue weighted by atomic mass is 127. The molecule has 1 aromatic rings. The van der Waals surface area contributed by atoms with Crippen molar-refractivity contribution in [2.75, 3.05) is 18.1 Å². The molecule has 0 aliphatic rings. The second kappa shape index (κ2) is 9.19. The number of rotatable bonds is 8. The van der Waals surface area contributed by atoms with Gasteiger partial charge in [-0.05, 0) is 41.4 Å². The van der Waals surface area contributed by atoms with E-state index in [4.69, 9.17) is 4.74 Å². The summed E-state index contributed by atoms with van der Waals surface area (Å²) in [5.41, 5.74) is 1.29. The summed E-state index contributed by atoms with van der Waals surface area (Å²) in [4.78, 5) is 10.9. The molecule has 0 aromatic heterocycles. The molecule has 0 amide bonds. The first-order valence-electron chi connectivity index (χ1n) is 6.11. The van der Waals surface area contributed by atoms with Crippen molar-refractivity contribution in [3.8, 4) is 5.75 Å². The molecule has 100 valence electrons. The van der Waals surface area contributed by atoms with Crippen LogP contribution >= 0.6 is 22.6 Å². The molecule has 4 heteroatoms. The fourth-order valence-corrected chi connectivity index (χ4v) is 2.11. The number of aryl methyl sites for hydroxylation is 1. The Morgan fingerprint density at radius 2 is 2.17 bits per heavy atom. The standard InChI is InChI=1S/C14H19IO3/c1-17-14(16)8-10-18-13-7-4-6-12(11-13)5-2-3-9-15/h4,6-7,11H,2-3,5,8-10H2,1H3. The zero-order valence-corrected chi connectivity index (χ0v) is 12.8. The Bertz CT molecular complexity index is 366. The van der Waals surface area contributed by atoms with E-state index in [9.17, 15) is 4.79 Å². The average Bonchev–Trinajstić information content (AvgIpc) is 2.39. The van der Waals surface area contributed by atoms with Crippen molar-refractivity contribution in [3.63, 3.8) is 0 Å². The summed E-state index contributed by atoms with van der Waals surface area (Å²) in [6, 6.07) is 8.07. The first kappa shape index (κ1) is 15.3. The zero-order chi connectivity index (χ0) is 13.2. The van der Waals surface area contributed by atoms with Crippen LogP contribution in [0.3, 0.4) is 0 Å². The number of hydrogen-bond donors (Lipinski definition) is 0. The molecule has 0 aliphatic heterocycles. The van der Waals surface area contributed by atoms with E-state index in [1.165, 1.54) is 29.9 Å². The molecule has 0 bridgehead atoms. The van der Waals surface area contributed by atoms with E-state index in [0.717, 1.165) is 12.2 Å². The number of hydrogen-bond acceptors (Lipinski definition) is 3. The summed E-state index contributed by atoms with van der Waals surface area (Å²) in [5.74, 6) is 0.582. The van der Waals surface area contributed by atoms with Crippen LogP contribution in [0.25, 0.3) is 0 Å². The number of ether oxygens (including phenoxy) is 2. The lowest BCUT2D eigenvalue weighted by Crippen LogP contribution is -2.07. The lowest BCUT2D eigenvalue weighted by molar-refractivity contribution is -0.141. The Balaban J connectivity index is 2.36. The van der Waals surface area contributed by atoms with Gasteiger partial charge in [0.2, 0.25) is 0 Å². The molecule has 0 unspecified atom stereocenters. The van der Waals surface area contributed by atoms with Crippen LogP contribution in [-0.4, -0.2) is 24.1 Å². The van der Waals surface area contributed by atoms with Gasteiger partial charge in [-0.15, -0.1) is 0 Å². The number of benzene rings is 1. The molecule has 18 heavy (non-hydrogen) atoms. The molecular formula is C14H19IO3. The van der Waals surface area contributed by atoms with Gasteiger partial charge in [0.15, 0.2) is 0 Å². The SMILES string of the molecule is COC(=O)CCOc1cccc(CCCCI)c1. The monoisotopic (exact) mass is 362 g/mol. The van der Waals surface area contributed by atoms with Crippen molar-refractivity contribution in [2.45, 2.75) is 25.7 Å². The topological polar surface area (TPSA) is 35.5 Å². The van der Waals surface area contributed by atoms with Gasteiger partial charge in [0.25, 0.3) is 0 Å². The third-order valence-electron chi connectivity index (χ3n) is 2.55. The smallest absolute Gasteiger partial charge is 0.308 e. The van der Waals surface area contributed by atoms with Crippen LogP contribution in [0.5, 0.6) is 5.75 Å². The van der Waals surface area contributed by atoms with Crippen molar-refractivity contribution in [3.05, 3.63) is 29.8 Å². The maximum Gasteiger partial charge on any atom is 0.308 e. The first-order chi connectivity index (χ1) is 8.76. The molecule has 0 aliphatic carbocycles. The minimum Gasteiger partial charge on any atom is -0.493 e. The van der Waals surface area contributed by atoms with Gasteiger partial charge in [0, 0.05) is 0 Å². The molecule has 1 aromatic carbocycles. The van der Waals surface area contributed by atoms with Gasteiger partial charge in [-0.2, -0.15) is 0 Å². The van der Waals surface area contributed by atoms with Crippen LogP contribution in [0, 0.1) is 0 Å². The second-order valence-electron chi connectivity index (χ2n) is 3.97. The number of unbranched alkanes of at least 4 members (excludes halogenated alkanes) is 1. The van der Waals surface area contributed by atoms with E-state index in [0.29, 0.717) is 6.61 Å². The summed E-state index contributed by atoms with van der Waals surface area (Å²) in [6.45, 7) is 0.365. The Morgan fingerprint density at radius 1 is 1.33 bits per heavy atom. The van der Waals surface area contributed by atoms with E-state index in [-0.39, 0.29) is 12.4 Å². The van der Waals surface area contributed by atoms with E-state index in [1.54, 1.807) is 0 Å². The third kappa shape index (κ3) is 6.23. The average molecular weight is 362 g/mol. The van der Waals surface area contributed by atoms with Crippen LogP contribution in [0.4, 0.5) is 0 Å². The van der Waals surface area contributed by atoms with Crippen LogP contribution in [0.15, 0.2) is 24.3 Å². The highest BCUT2D eigenvalue weighted by Crippen LogP contribution is 2.15. The summed E-state index contributed by atoms with van der Waals surface area (Å²) in [7, 11) is 1.38. The van der Waals surface area contributed by atoms with Crippen molar-refractivity contribution in [2.24, 2.45) is 0 Å². The molecule has 0 heterocycles. The quantitative estimate of drug-likeness (QED) is 0.308. The molecule has 0 saturated heterocycles. The van der Waals surface area contributed by atoms with Gasteiger partial charge in [0.05, 0.1) is 20.1 Å². The van der Waals surface area contributed by atoms with Gasteiger partial charge < -0.3 is 9.47 Å². The lowest BCUT2D eigenvalue weighted by atomic mass is 10.1. The highest BCUT2D eigenvalue weighted by molar-refractivity contribution is 14.1. The fraction of sp³-hybridized carbons (Fsp3) is 0.500. The van der Waals surface area contributed by atoms with Gasteiger partial charge in [-0.1, -0.05) is 34.7 Å². The van der Waals surface area contributed by atoms with E-state index in [2.05, 4.69) is 33.4 Å². The van der Waals surface area contributed by atoms with E-state index >= 15 is 0 Å². The summed E-state index contributed by atoms with van der Waals surface area (Å²) in [5, 5.41) is 0. The number of halogens is 1. The zero-order valence-electron chi connectivity index (χ0n) is 10.7. The maximum atomic E-state index is 10.9. The maximum absolute atomic E-state index is 10.9. The fourth-order valence-electron chi connectivity index (χ4n) is 1.57. The van der Waals surface area contributed by atoms with Crippen LogP contribution in [0.1, 0.15) is 24.8 Å². The van der Waals surface area contributed by atoms with Gasteiger partial charge in [-0.3, -0.25) is 4.79 Å². The summed E-state index contributed by atoms with van der Waals surface area (Å²) in [6.07, 6.45) is 3.81. The van der Waals surface area contributed by atoms with Gasteiger partial charge in [0.1, 0.15) is 5.75 Å². The molecule has 0 radical (unpaired) electrons. The largest absolute Gasteiger partial charge is 0.493 e. The number of alkyl halides is 1. The lowest BCUT2D eigenvalue weighted by Gasteiger charge is -2.07. The molecule has 0 saturated carbocycles. The molecule has 0 N–H and O–H groups in total. The summed E-state index contributed by atoms with van der Waals surface area (Å²) < 4.78 is 11.3. The first-order valence-corrected chi connectivity index (χ1v) is 7.63. The number of carbonyl (C=O) groups excluding carboxylic acids is 1. The number of methoxy groups -OCH3 is 1. The summed E-state index contributed by atoms with van der Waals surface area (Å²) >= 11 is 2.40. The molecule has 0 fully saturated rings. The Labute approximate surface area is 122 Å². The van der Waals surface area contributed by atoms with Crippen molar-refractivity contribution in [1.29, 1.82) is 0 Å². The minimum atomic E-state index is -0.242. The minimum absolute atomic E-state index is 0.242. The number of carbonyl (C=O) groups is 1. The van der Waals surface area contributed by atoms with Crippen LogP contribution in [0.2, 0.25) is 0 Å². The third-order valence-corrected chi connectivity index (χ3v) is 3.31. The van der Waals surface area contributed by atoms with Crippen molar-refractivity contribution >= 4 is 28.6 Å². The Kier molecular flexibility index (Phi) is 7.80. The van der Waals surface area contributed by atoms with Crippen LogP contribution in [-0.2, 0) is 16.0 Å². The van der Waals surface area contributed by atoms with Gasteiger partial charge >= 0.3 is 5.97 Å². The molecule has 0 spiro atoms. The molecule has 1 rings (SSSR count). The van der Waals surface area contributed by atoms with E-state index in [1.807, 2.05) is 18.2 Å². The molecular weight excluding hydrogens is 343 g/mol. The highest BCUT2D eigenvalue weighted by Gasteiger charge is 2.01. The predicted molar refractivity (Wildman–Crippen MR) is 80.4 cm³/mol. The second-order valence-corrected chi connectivity index (χ2v) is 5.05. The normalized spacial score (nSPS) is 10.1. The molecule has 0 atom stereocenters. The van der Waals surface area contributed by atoms with E-state index < -0.39 is 0 Å². The van der Waals surface area contributed by atoms with Crippen molar-refractivity contribution in [1.82, 2.24) is 0 Å². The van der Waals surface area contributed by atoms with Crippen molar-refractivity contribution < 1.29 is 14.3 Å². The predicted octanol–water partition coefficient (Wildman–Crippen LogP) is 3.39. The Hall–Kier alpha value is -0.780.